The van der Waals surface area contributed by atoms with E-state index in [0.717, 1.165) is 44.9 Å². The third-order valence-electron chi connectivity index (χ3n) is 10.8. The van der Waals surface area contributed by atoms with E-state index in [1.807, 2.05) is 21.1 Å². The SMILES string of the molecule is CCCCCCCCCCCCCCCC(=O)OCC(CC(COP(=O)(O)O)[N+](C)(C)C)OC(=O)CCCCC1(CCCCCCCCCCCC)N=N1. The third-order valence-corrected chi connectivity index (χ3v) is 11.3. The number of ether oxygens (including phenoxy) is 2. The lowest BCUT2D eigenvalue weighted by Crippen LogP contribution is -2.50. The van der Waals surface area contributed by atoms with Crippen LogP contribution in [0.4, 0.5) is 0 Å². The Balaban J connectivity index is 2.42. The van der Waals surface area contributed by atoms with Crippen molar-refractivity contribution in [2.75, 3.05) is 34.4 Å². The molecule has 1 rings (SSSR count). The molecule has 0 saturated carbocycles. The van der Waals surface area contributed by atoms with E-state index in [4.69, 9.17) is 14.0 Å². The van der Waals surface area contributed by atoms with Gasteiger partial charge in [-0.3, -0.25) is 14.1 Å². The predicted octanol–water partition coefficient (Wildman–Crippen LogP) is 11.5. The zero-order valence-corrected chi connectivity index (χ0v) is 36.3. The quantitative estimate of drug-likeness (QED) is 0.0271. The first-order valence-electron chi connectivity index (χ1n) is 22.1. The molecule has 1 aliphatic heterocycles. The summed E-state index contributed by atoms with van der Waals surface area (Å²) in [5.74, 6) is -0.700. The Bertz CT molecular complexity index is 1030. The number of esters is 2. The van der Waals surface area contributed by atoms with Gasteiger partial charge in [0.15, 0.2) is 5.66 Å². The van der Waals surface area contributed by atoms with E-state index in [0.29, 0.717) is 17.3 Å². The molecule has 2 unspecified atom stereocenters. The number of hydrogen-bond donors (Lipinski definition) is 2. The van der Waals surface area contributed by atoms with Crippen molar-refractivity contribution in [3.8, 4) is 0 Å². The van der Waals surface area contributed by atoms with Gasteiger partial charge in [-0.25, -0.2) is 4.57 Å². The maximum atomic E-state index is 13.0. The summed E-state index contributed by atoms with van der Waals surface area (Å²) in [5, 5.41) is 8.71. The molecule has 0 aromatic carbocycles. The van der Waals surface area contributed by atoms with Crippen molar-refractivity contribution >= 4 is 19.8 Å². The topological polar surface area (TPSA) is 144 Å². The number of hydrogen-bond acceptors (Lipinski definition) is 8. The van der Waals surface area contributed by atoms with Gasteiger partial charge in [0.05, 0.1) is 21.1 Å². The maximum absolute atomic E-state index is 13.0. The Morgan fingerprint density at radius 1 is 0.593 bits per heavy atom. The lowest BCUT2D eigenvalue weighted by atomic mass is 9.98. The molecule has 0 fully saturated rings. The van der Waals surface area contributed by atoms with Gasteiger partial charge in [-0.1, -0.05) is 149 Å². The number of phosphoric acid groups is 1. The minimum absolute atomic E-state index is 0.102. The van der Waals surface area contributed by atoms with Crippen molar-refractivity contribution in [2.24, 2.45) is 10.2 Å². The van der Waals surface area contributed by atoms with Crippen LogP contribution >= 0.6 is 7.82 Å². The number of likely N-dealkylation sites (N-methyl/N-ethyl adjacent to an activating group) is 1. The van der Waals surface area contributed by atoms with Crippen molar-refractivity contribution in [3.63, 3.8) is 0 Å². The molecule has 0 amide bonds. The van der Waals surface area contributed by atoms with Crippen LogP contribution in [0, 0.1) is 0 Å². The second-order valence-corrected chi connectivity index (χ2v) is 18.1. The highest BCUT2D eigenvalue weighted by atomic mass is 31.2. The predicted molar refractivity (Wildman–Crippen MR) is 218 cm³/mol. The van der Waals surface area contributed by atoms with Crippen molar-refractivity contribution < 1.29 is 42.4 Å². The first kappa shape index (κ1) is 50.6. The van der Waals surface area contributed by atoms with E-state index in [-0.39, 0.29) is 43.7 Å². The number of nitrogens with zero attached hydrogens (tertiary/aromatic N) is 3. The first-order valence-corrected chi connectivity index (χ1v) is 23.6. The number of unbranched alkanes of at least 4 members (excludes halogenated alkanes) is 22. The number of quaternary nitrogens is 1. The summed E-state index contributed by atoms with van der Waals surface area (Å²) in [6, 6.07) is -0.418. The van der Waals surface area contributed by atoms with Crippen molar-refractivity contribution in [1.82, 2.24) is 0 Å². The smallest absolute Gasteiger partial charge is 0.462 e. The van der Waals surface area contributed by atoms with Gasteiger partial charge in [0.25, 0.3) is 0 Å². The maximum Gasteiger partial charge on any atom is 0.469 e. The van der Waals surface area contributed by atoms with Gasteiger partial charge in [0.1, 0.15) is 25.4 Å². The molecule has 0 spiro atoms. The lowest BCUT2D eigenvalue weighted by Gasteiger charge is -2.35. The van der Waals surface area contributed by atoms with Crippen LogP contribution in [-0.2, 0) is 28.2 Å². The van der Waals surface area contributed by atoms with Gasteiger partial charge in [-0.05, 0) is 38.5 Å². The second kappa shape index (κ2) is 30.7. The standard InChI is InChI=1S/C42H82N3O8P/c1-6-8-10-12-14-16-18-19-20-21-23-25-27-31-40(46)51-37-39(35-38(45(3,4)5)36-52-54(48,49)50)53-41(47)32-28-30-34-42(43-44-42)33-29-26-24-22-17-15-13-11-9-7-2/h38-39H,6-37H2,1-5H3,(H-,48,49,50)/p+1. The molecule has 54 heavy (non-hydrogen) atoms. The average Bonchev–Trinajstić information content (AvgIpc) is 3.88. The number of carbonyl (C=O) groups is 2. The molecule has 0 saturated heterocycles. The van der Waals surface area contributed by atoms with Gasteiger partial charge in [-0.15, -0.1) is 0 Å². The van der Waals surface area contributed by atoms with Crippen molar-refractivity contribution in [1.29, 1.82) is 0 Å². The molecule has 0 aromatic rings. The number of carbonyl (C=O) groups excluding carboxylic acids is 2. The summed E-state index contributed by atoms with van der Waals surface area (Å²) >= 11 is 0. The van der Waals surface area contributed by atoms with Crippen LogP contribution in [0.25, 0.3) is 0 Å². The highest BCUT2D eigenvalue weighted by molar-refractivity contribution is 7.46. The molecule has 12 heteroatoms. The van der Waals surface area contributed by atoms with E-state index in [1.54, 1.807) is 0 Å². The number of phosphoric ester groups is 1. The second-order valence-electron chi connectivity index (χ2n) is 16.9. The average molecular weight is 789 g/mol. The zero-order chi connectivity index (χ0) is 40.0. The summed E-state index contributed by atoms with van der Waals surface area (Å²) < 4.78 is 28.1. The molecule has 0 aromatic heterocycles. The Labute approximate surface area is 330 Å². The van der Waals surface area contributed by atoms with Crippen molar-refractivity contribution in [2.45, 2.75) is 224 Å². The van der Waals surface area contributed by atoms with E-state index in [9.17, 15) is 23.9 Å². The van der Waals surface area contributed by atoms with Crippen LogP contribution in [0.2, 0.25) is 0 Å². The summed E-state index contributed by atoms with van der Waals surface area (Å²) in [5.41, 5.74) is -0.259. The van der Waals surface area contributed by atoms with Crippen molar-refractivity contribution in [3.05, 3.63) is 0 Å². The molecule has 0 radical (unpaired) electrons. The normalized spacial score (nSPS) is 14.9. The third kappa shape index (κ3) is 29.8. The zero-order valence-electron chi connectivity index (χ0n) is 35.4. The van der Waals surface area contributed by atoms with Crippen LogP contribution in [-0.4, -0.2) is 78.4 Å². The summed E-state index contributed by atoms with van der Waals surface area (Å²) in [6.07, 6.45) is 32.2. The lowest BCUT2D eigenvalue weighted by molar-refractivity contribution is -0.897. The number of rotatable bonds is 39. The summed E-state index contributed by atoms with van der Waals surface area (Å²) in [4.78, 5) is 44.3. The van der Waals surface area contributed by atoms with Crippen LogP contribution < -0.4 is 0 Å². The minimum atomic E-state index is -4.69. The van der Waals surface area contributed by atoms with Crippen LogP contribution in [0.1, 0.15) is 206 Å². The Hall–Kier alpha value is -1.39. The Morgan fingerprint density at radius 2 is 0.981 bits per heavy atom. The summed E-state index contributed by atoms with van der Waals surface area (Å²) in [7, 11) is 0.956. The molecule has 0 bridgehead atoms. The fraction of sp³-hybridized carbons (Fsp3) is 0.952. The van der Waals surface area contributed by atoms with Gasteiger partial charge in [-0.2, -0.15) is 10.2 Å². The first-order chi connectivity index (χ1) is 25.8. The molecule has 1 heterocycles. The highest BCUT2D eigenvalue weighted by Crippen LogP contribution is 2.39. The van der Waals surface area contributed by atoms with Gasteiger partial charge in [0, 0.05) is 19.3 Å². The summed E-state index contributed by atoms with van der Waals surface area (Å²) in [6.45, 7) is 4.17. The minimum Gasteiger partial charge on any atom is -0.462 e. The highest BCUT2D eigenvalue weighted by Gasteiger charge is 2.38. The fourth-order valence-electron chi connectivity index (χ4n) is 7.00. The van der Waals surface area contributed by atoms with E-state index in [1.165, 1.54) is 122 Å². The molecular weight excluding hydrogens is 705 g/mol. The Kier molecular flexibility index (Phi) is 28.8. The van der Waals surface area contributed by atoms with Gasteiger partial charge in [0.2, 0.25) is 0 Å². The monoisotopic (exact) mass is 789 g/mol. The van der Waals surface area contributed by atoms with E-state index in [2.05, 4.69) is 24.1 Å². The van der Waals surface area contributed by atoms with Crippen LogP contribution in [0.15, 0.2) is 10.2 Å². The molecule has 2 atom stereocenters. The molecule has 11 nitrogen and oxygen atoms in total. The molecule has 0 aliphatic carbocycles. The van der Waals surface area contributed by atoms with Crippen LogP contribution in [0.3, 0.4) is 0 Å². The molecular formula is C42H83N3O8P+. The van der Waals surface area contributed by atoms with E-state index >= 15 is 0 Å². The van der Waals surface area contributed by atoms with Gasteiger partial charge < -0.3 is 23.7 Å². The largest absolute Gasteiger partial charge is 0.469 e. The van der Waals surface area contributed by atoms with Gasteiger partial charge >= 0.3 is 19.8 Å². The molecule has 318 valence electrons. The molecule has 2 N–H and O–H groups in total. The van der Waals surface area contributed by atoms with E-state index < -0.39 is 20.0 Å². The molecule has 1 aliphatic rings. The fourth-order valence-corrected chi connectivity index (χ4v) is 7.37. The Morgan fingerprint density at radius 3 is 1.41 bits per heavy atom. The van der Waals surface area contributed by atoms with Crippen LogP contribution in [0.5, 0.6) is 0 Å².